The zero-order valence-corrected chi connectivity index (χ0v) is 9.79. The van der Waals surface area contributed by atoms with Gasteiger partial charge in [-0.15, -0.1) is 0 Å². The van der Waals surface area contributed by atoms with E-state index in [4.69, 9.17) is 4.74 Å². The van der Waals surface area contributed by atoms with Crippen molar-refractivity contribution in [2.45, 2.75) is 32.1 Å². The fourth-order valence-electron chi connectivity index (χ4n) is 1.95. The fraction of sp³-hybridized carbons (Fsp3) is 0.909. The molecule has 88 valence electrons. The van der Waals surface area contributed by atoms with E-state index in [0.717, 1.165) is 6.61 Å². The van der Waals surface area contributed by atoms with Gasteiger partial charge in [-0.1, -0.05) is 19.3 Å². The Balaban J connectivity index is 2.02. The number of hydrogen-bond donors (Lipinski definition) is 1. The first-order chi connectivity index (χ1) is 7.18. The first-order valence-corrected chi connectivity index (χ1v) is 5.73. The number of nitrogens with one attached hydrogen (secondary N) is 1. The molecule has 0 spiro atoms. The van der Waals surface area contributed by atoms with Crippen LogP contribution in [0.2, 0.25) is 0 Å². The topological polar surface area (TPSA) is 41.6 Å². The van der Waals surface area contributed by atoms with Gasteiger partial charge in [-0.2, -0.15) is 0 Å². The summed E-state index contributed by atoms with van der Waals surface area (Å²) >= 11 is 0. The van der Waals surface area contributed by atoms with Crippen molar-refractivity contribution in [3.8, 4) is 0 Å². The molecule has 0 heterocycles. The smallest absolute Gasteiger partial charge is 0.260 e. The normalized spacial score (nSPS) is 18.1. The van der Waals surface area contributed by atoms with E-state index in [-0.39, 0.29) is 12.5 Å². The Morgan fingerprint density at radius 1 is 1.33 bits per heavy atom. The molecule has 0 aromatic heterocycles. The van der Waals surface area contributed by atoms with Gasteiger partial charge < -0.3 is 4.74 Å². The average molecular weight is 214 g/mol. The number of hydrogen-bond acceptors (Lipinski definition) is 3. The van der Waals surface area contributed by atoms with Gasteiger partial charge in [0, 0.05) is 14.1 Å². The molecule has 0 radical (unpaired) electrons. The molecule has 1 amide bonds. The van der Waals surface area contributed by atoms with Crippen LogP contribution in [0.4, 0.5) is 0 Å². The predicted octanol–water partition coefficient (Wildman–Crippen LogP) is 1.18. The van der Waals surface area contributed by atoms with Crippen molar-refractivity contribution in [1.29, 1.82) is 0 Å². The van der Waals surface area contributed by atoms with Crippen molar-refractivity contribution in [3.05, 3.63) is 0 Å². The number of nitrogens with zero attached hydrogens (tertiary/aromatic N) is 1. The van der Waals surface area contributed by atoms with Crippen LogP contribution < -0.4 is 5.43 Å². The van der Waals surface area contributed by atoms with Crippen LogP contribution in [0.1, 0.15) is 32.1 Å². The van der Waals surface area contributed by atoms with Gasteiger partial charge in [0.25, 0.3) is 5.91 Å². The van der Waals surface area contributed by atoms with Crippen molar-refractivity contribution in [2.24, 2.45) is 5.92 Å². The van der Waals surface area contributed by atoms with Crippen LogP contribution in [0.25, 0.3) is 0 Å². The molecule has 1 aliphatic rings. The maximum Gasteiger partial charge on any atom is 0.260 e. The van der Waals surface area contributed by atoms with E-state index in [0.29, 0.717) is 5.92 Å². The molecule has 1 fully saturated rings. The van der Waals surface area contributed by atoms with Crippen molar-refractivity contribution in [1.82, 2.24) is 10.4 Å². The lowest BCUT2D eigenvalue weighted by Gasteiger charge is -2.21. The maximum atomic E-state index is 11.2. The number of amides is 1. The van der Waals surface area contributed by atoms with Crippen LogP contribution in [0.3, 0.4) is 0 Å². The van der Waals surface area contributed by atoms with Crippen LogP contribution in [-0.2, 0) is 9.53 Å². The molecular formula is C11H22N2O2. The molecule has 0 aromatic carbocycles. The van der Waals surface area contributed by atoms with Gasteiger partial charge in [0.15, 0.2) is 0 Å². The van der Waals surface area contributed by atoms with E-state index < -0.39 is 0 Å². The molecule has 4 heteroatoms. The zero-order valence-electron chi connectivity index (χ0n) is 9.79. The second kappa shape index (κ2) is 6.80. The van der Waals surface area contributed by atoms with E-state index in [2.05, 4.69) is 5.43 Å². The molecule has 4 nitrogen and oxygen atoms in total. The molecule has 0 saturated heterocycles. The molecule has 0 bridgehead atoms. The largest absolute Gasteiger partial charge is 0.371 e. The molecule has 0 atom stereocenters. The van der Waals surface area contributed by atoms with Gasteiger partial charge in [-0.25, -0.2) is 5.01 Å². The van der Waals surface area contributed by atoms with Gasteiger partial charge in [0.1, 0.15) is 6.61 Å². The molecule has 1 rings (SSSR count). The second-order valence-corrected chi connectivity index (χ2v) is 4.45. The van der Waals surface area contributed by atoms with Gasteiger partial charge in [-0.3, -0.25) is 10.2 Å². The first-order valence-electron chi connectivity index (χ1n) is 5.73. The van der Waals surface area contributed by atoms with Crippen LogP contribution in [0.5, 0.6) is 0 Å². The van der Waals surface area contributed by atoms with E-state index >= 15 is 0 Å². The van der Waals surface area contributed by atoms with Gasteiger partial charge in [0.2, 0.25) is 0 Å². The molecular weight excluding hydrogens is 192 g/mol. The second-order valence-electron chi connectivity index (χ2n) is 4.45. The van der Waals surface area contributed by atoms with Crippen molar-refractivity contribution < 1.29 is 9.53 Å². The van der Waals surface area contributed by atoms with Crippen molar-refractivity contribution in [2.75, 3.05) is 27.3 Å². The SMILES string of the molecule is CN(C)NC(=O)COCC1CCCCC1. The molecule has 1 saturated carbocycles. The summed E-state index contributed by atoms with van der Waals surface area (Å²) in [5.41, 5.74) is 2.65. The Kier molecular flexibility index (Phi) is 5.65. The standard InChI is InChI=1S/C11H22N2O2/c1-13(2)12-11(14)9-15-8-10-6-4-3-5-7-10/h10H,3-9H2,1-2H3,(H,12,14). The van der Waals surface area contributed by atoms with E-state index in [1.165, 1.54) is 32.1 Å². The summed E-state index contributed by atoms with van der Waals surface area (Å²) in [6.45, 7) is 0.912. The average Bonchev–Trinajstić information content (AvgIpc) is 2.18. The monoisotopic (exact) mass is 214 g/mol. The van der Waals surface area contributed by atoms with Crippen LogP contribution in [0.15, 0.2) is 0 Å². The minimum Gasteiger partial charge on any atom is -0.371 e. The quantitative estimate of drug-likeness (QED) is 0.699. The number of hydrazine groups is 1. The summed E-state index contributed by atoms with van der Waals surface area (Å²) in [5.74, 6) is 0.599. The highest BCUT2D eigenvalue weighted by molar-refractivity contribution is 5.76. The lowest BCUT2D eigenvalue weighted by Crippen LogP contribution is -2.38. The number of ether oxygens (including phenoxy) is 1. The molecule has 1 N–H and O–H groups in total. The van der Waals surface area contributed by atoms with Gasteiger partial charge >= 0.3 is 0 Å². The summed E-state index contributed by atoms with van der Waals surface area (Å²) < 4.78 is 5.40. The lowest BCUT2D eigenvalue weighted by atomic mass is 9.90. The van der Waals surface area contributed by atoms with E-state index in [9.17, 15) is 4.79 Å². The Labute approximate surface area is 91.9 Å². The third-order valence-corrected chi connectivity index (χ3v) is 2.66. The summed E-state index contributed by atoms with van der Waals surface area (Å²) in [7, 11) is 3.58. The summed E-state index contributed by atoms with van der Waals surface area (Å²) in [4.78, 5) is 11.2. The highest BCUT2D eigenvalue weighted by atomic mass is 16.5. The van der Waals surface area contributed by atoms with E-state index in [1.807, 2.05) is 0 Å². The summed E-state index contributed by atoms with van der Waals surface area (Å²) in [6.07, 6.45) is 6.51. The highest BCUT2D eigenvalue weighted by Crippen LogP contribution is 2.23. The zero-order chi connectivity index (χ0) is 11.1. The molecule has 1 aliphatic carbocycles. The minimum absolute atomic E-state index is 0.0733. The number of carbonyl (C=O) groups excluding carboxylic acids is 1. The Morgan fingerprint density at radius 2 is 2.00 bits per heavy atom. The van der Waals surface area contributed by atoms with Crippen LogP contribution in [-0.4, -0.2) is 38.2 Å². The molecule has 0 unspecified atom stereocenters. The first kappa shape index (κ1) is 12.5. The predicted molar refractivity (Wildman–Crippen MR) is 59.2 cm³/mol. The molecule has 15 heavy (non-hydrogen) atoms. The fourth-order valence-corrected chi connectivity index (χ4v) is 1.95. The van der Waals surface area contributed by atoms with Crippen LogP contribution in [0, 0.1) is 5.92 Å². The van der Waals surface area contributed by atoms with Crippen molar-refractivity contribution >= 4 is 5.91 Å². The molecule has 0 aromatic rings. The Bertz CT molecular complexity index is 189. The maximum absolute atomic E-state index is 11.2. The number of carbonyl (C=O) groups is 1. The third kappa shape index (κ3) is 5.74. The third-order valence-electron chi connectivity index (χ3n) is 2.66. The van der Waals surface area contributed by atoms with Gasteiger partial charge in [-0.05, 0) is 18.8 Å². The Hall–Kier alpha value is -0.610. The van der Waals surface area contributed by atoms with E-state index in [1.54, 1.807) is 19.1 Å². The minimum atomic E-state index is -0.0733. The lowest BCUT2D eigenvalue weighted by molar-refractivity contribution is -0.130. The summed E-state index contributed by atoms with van der Waals surface area (Å²) in [5, 5.41) is 1.63. The molecule has 0 aliphatic heterocycles. The number of rotatable bonds is 5. The summed E-state index contributed by atoms with van der Waals surface area (Å²) in [6, 6.07) is 0. The van der Waals surface area contributed by atoms with Gasteiger partial charge in [0.05, 0.1) is 6.61 Å². The van der Waals surface area contributed by atoms with Crippen LogP contribution >= 0.6 is 0 Å². The van der Waals surface area contributed by atoms with Crippen molar-refractivity contribution in [3.63, 3.8) is 0 Å². The Morgan fingerprint density at radius 3 is 2.60 bits per heavy atom. The highest BCUT2D eigenvalue weighted by Gasteiger charge is 2.13.